The van der Waals surface area contributed by atoms with Gasteiger partial charge in [0, 0.05) is 5.75 Å². The van der Waals surface area contributed by atoms with Crippen molar-refractivity contribution in [3.8, 4) is 0 Å². The first-order valence-corrected chi connectivity index (χ1v) is 8.44. The van der Waals surface area contributed by atoms with Crippen LogP contribution < -0.4 is 0 Å². The number of alkyl halides is 1. The van der Waals surface area contributed by atoms with Gasteiger partial charge in [-0.15, -0.1) is 11.6 Å². The van der Waals surface area contributed by atoms with Crippen molar-refractivity contribution in [2.24, 2.45) is 22.2 Å². The molecule has 3 fully saturated rings. The molecule has 1 saturated heterocycles. The van der Waals surface area contributed by atoms with E-state index in [4.69, 9.17) is 21.3 Å². The minimum absolute atomic E-state index is 0.0550. The quantitative estimate of drug-likeness (QED) is 0.718. The number of aliphatic imine (C=N–C) groups is 1. The van der Waals surface area contributed by atoms with Crippen LogP contribution in [-0.4, -0.2) is 28.5 Å². The first-order chi connectivity index (χ1) is 8.47. The zero-order chi connectivity index (χ0) is 13.0. The average Bonchev–Trinajstić information content (AvgIpc) is 2.99. The van der Waals surface area contributed by atoms with E-state index in [1.54, 1.807) is 11.8 Å². The fourth-order valence-electron chi connectivity index (χ4n) is 4.02. The van der Waals surface area contributed by atoms with Crippen molar-refractivity contribution in [2.75, 3.05) is 11.6 Å². The van der Waals surface area contributed by atoms with Gasteiger partial charge in [-0.25, -0.2) is 4.99 Å². The molecule has 4 atom stereocenters. The molecule has 1 aliphatic heterocycles. The Hall–Kier alpha value is 0.110. The van der Waals surface area contributed by atoms with E-state index >= 15 is 0 Å². The number of halogens is 1. The van der Waals surface area contributed by atoms with Gasteiger partial charge in [-0.3, -0.25) is 0 Å². The Kier molecular flexibility index (Phi) is 3.14. The lowest BCUT2D eigenvalue weighted by Crippen LogP contribution is -2.45. The van der Waals surface area contributed by atoms with Crippen LogP contribution in [0.25, 0.3) is 0 Å². The van der Waals surface area contributed by atoms with Gasteiger partial charge in [0.2, 0.25) is 5.23 Å². The molecule has 0 aromatic rings. The van der Waals surface area contributed by atoms with Crippen molar-refractivity contribution in [3.05, 3.63) is 0 Å². The molecule has 2 nitrogen and oxygen atoms in total. The van der Waals surface area contributed by atoms with Crippen molar-refractivity contribution >= 4 is 28.6 Å². The number of nitrogens with zero attached hydrogens (tertiary/aromatic N) is 1. The predicted molar refractivity (Wildman–Crippen MR) is 78.5 cm³/mol. The summed E-state index contributed by atoms with van der Waals surface area (Å²) >= 11 is 7.58. The summed E-state index contributed by atoms with van der Waals surface area (Å²) in [6, 6.07) is 0. The van der Waals surface area contributed by atoms with Gasteiger partial charge in [0.05, 0.1) is 11.4 Å². The van der Waals surface area contributed by atoms with Crippen molar-refractivity contribution in [1.29, 1.82) is 0 Å². The van der Waals surface area contributed by atoms with Crippen LogP contribution in [0.4, 0.5) is 0 Å². The minimum Gasteiger partial charge on any atom is -0.468 e. The second-order valence-corrected chi connectivity index (χ2v) is 7.94. The highest BCUT2D eigenvalue weighted by molar-refractivity contribution is 8.13. The van der Waals surface area contributed by atoms with Crippen molar-refractivity contribution in [2.45, 2.75) is 51.7 Å². The van der Waals surface area contributed by atoms with Gasteiger partial charge in [0.25, 0.3) is 0 Å². The van der Waals surface area contributed by atoms with Gasteiger partial charge in [0.15, 0.2) is 0 Å². The molecule has 4 heteroatoms. The summed E-state index contributed by atoms with van der Waals surface area (Å²) < 4.78 is 5.82. The zero-order valence-corrected chi connectivity index (χ0v) is 13.0. The topological polar surface area (TPSA) is 21.6 Å². The number of hydrogen-bond donors (Lipinski definition) is 0. The molecule has 0 unspecified atom stereocenters. The first-order valence-electron chi connectivity index (χ1n) is 6.92. The fourth-order valence-corrected chi connectivity index (χ4v) is 5.30. The summed E-state index contributed by atoms with van der Waals surface area (Å²) in [5.41, 5.74) is 0.353. The highest BCUT2D eigenvalue weighted by Crippen LogP contribution is 2.63. The highest BCUT2D eigenvalue weighted by Gasteiger charge is 2.60. The van der Waals surface area contributed by atoms with Crippen LogP contribution in [-0.2, 0) is 4.74 Å². The monoisotopic (exact) mass is 287 g/mol. The number of hydrogen-bond acceptors (Lipinski definition) is 3. The lowest BCUT2D eigenvalue weighted by molar-refractivity contribution is 0.100. The molecule has 2 saturated carbocycles. The van der Waals surface area contributed by atoms with E-state index in [9.17, 15) is 0 Å². The molecule has 102 valence electrons. The Morgan fingerprint density at radius 1 is 1.33 bits per heavy atom. The van der Waals surface area contributed by atoms with Crippen LogP contribution in [0.5, 0.6) is 0 Å². The Morgan fingerprint density at radius 3 is 2.61 bits per heavy atom. The van der Waals surface area contributed by atoms with Crippen LogP contribution in [0.15, 0.2) is 4.99 Å². The van der Waals surface area contributed by atoms with Gasteiger partial charge in [-0.2, -0.15) is 0 Å². The molecule has 0 aromatic heterocycles. The molecular weight excluding hydrogens is 266 g/mol. The fraction of sp³-hybridized carbons (Fsp3) is 0.929. The minimum atomic E-state index is 0.0550. The summed E-state index contributed by atoms with van der Waals surface area (Å²) in [6.45, 7) is 7.11. The van der Waals surface area contributed by atoms with Crippen molar-refractivity contribution in [1.82, 2.24) is 0 Å². The maximum Gasteiger partial charge on any atom is 0.246 e. The van der Waals surface area contributed by atoms with E-state index in [1.807, 2.05) is 0 Å². The van der Waals surface area contributed by atoms with Gasteiger partial charge in [-0.05, 0) is 43.4 Å². The normalized spacial score (nSPS) is 47.8. The van der Waals surface area contributed by atoms with Gasteiger partial charge in [-0.1, -0.05) is 25.6 Å². The molecule has 0 N–H and O–H groups in total. The Bertz CT molecular complexity index is 384. The molecule has 0 aromatic carbocycles. The number of thioether (sulfide) groups is 1. The van der Waals surface area contributed by atoms with E-state index in [1.165, 1.54) is 19.3 Å². The van der Waals surface area contributed by atoms with E-state index < -0.39 is 0 Å². The highest BCUT2D eigenvalue weighted by atomic mass is 35.5. The Labute approximate surface area is 119 Å². The molecule has 0 radical (unpaired) electrons. The second kappa shape index (κ2) is 4.31. The van der Waals surface area contributed by atoms with Crippen LogP contribution >= 0.6 is 23.4 Å². The maximum atomic E-state index is 5.85. The third-order valence-electron chi connectivity index (χ3n) is 5.71. The number of rotatable bonds is 2. The van der Waals surface area contributed by atoms with Gasteiger partial charge in [0.1, 0.15) is 6.10 Å². The van der Waals surface area contributed by atoms with Crippen LogP contribution in [0, 0.1) is 17.3 Å². The standard InChI is InChI=1S/C14H22ClNOS/c1-13(2)9-4-5-10(6-9)14(13,3)16-12-17-11(7-15)8-18-12/h9-11H,4-8H2,1-3H3/t9-,10-,11-,14-/m0/s1. The summed E-state index contributed by atoms with van der Waals surface area (Å²) in [4.78, 5) is 5.04. The summed E-state index contributed by atoms with van der Waals surface area (Å²) in [6.07, 6.45) is 4.23. The molecule has 0 amide bonds. The molecule has 3 aliphatic rings. The van der Waals surface area contributed by atoms with E-state index in [-0.39, 0.29) is 11.6 Å². The number of fused-ring (bicyclic) bond motifs is 2. The zero-order valence-electron chi connectivity index (χ0n) is 11.4. The Balaban J connectivity index is 1.85. The van der Waals surface area contributed by atoms with Crippen LogP contribution in [0.2, 0.25) is 0 Å². The number of ether oxygens (including phenoxy) is 1. The van der Waals surface area contributed by atoms with Crippen molar-refractivity contribution in [3.63, 3.8) is 0 Å². The third kappa shape index (κ3) is 1.73. The second-order valence-electron chi connectivity index (χ2n) is 6.66. The van der Waals surface area contributed by atoms with Crippen LogP contribution in [0.1, 0.15) is 40.0 Å². The molecule has 1 heterocycles. The Morgan fingerprint density at radius 2 is 2.06 bits per heavy atom. The average molecular weight is 288 g/mol. The third-order valence-corrected chi connectivity index (χ3v) is 7.03. The largest absolute Gasteiger partial charge is 0.468 e. The van der Waals surface area contributed by atoms with Gasteiger partial charge >= 0.3 is 0 Å². The smallest absolute Gasteiger partial charge is 0.246 e. The van der Waals surface area contributed by atoms with E-state index in [2.05, 4.69) is 20.8 Å². The molecular formula is C14H22ClNOS. The summed E-state index contributed by atoms with van der Waals surface area (Å²) in [5, 5.41) is 0.878. The lowest BCUT2D eigenvalue weighted by atomic mass is 9.64. The summed E-state index contributed by atoms with van der Waals surface area (Å²) in [5.74, 6) is 3.10. The summed E-state index contributed by atoms with van der Waals surface area (Å²) in [7, 11) is 0. The van der Waals surface area contributed by atoms with E-state index in [0.29, 0.717) is 11.3 Å². The molecule has 3 rings (SSSR count). The van der Waals surface area contributed by atoms with E-state index in [0.717, 1.165) is 22.8 Å². The molecule has 18 heavy (non-hydrogen) atoms. The molecule has 2 aliphatic carbocycles. The van der Waals surface area contributed by atoms with Crippen molar-refractivity contribution < 1.29 is 4.74 Å². The lowest BCUT2D eigenvalue weighted by Gasteiger charge is -2.44. The molecule has 0 spiro atoms. The van der Waals surface area contributed by atoms with Gasteiger partial charge < -0.3 is 4.74 Å². The first kappa shape index (κ1) is 13.1. The SMILES string of the molecule is CC1(C)[C@H]2CC[C@@H](C2)[C@]1(C)N=C1O[C@@H](CCl)CS1. The molecule has 2 bridgehead atoms. The predicted octanol–water partition coefficient (Wildman–Crippen LogP) is 3.93. The van der Waals surface area contributed by atoms with Crippen LogP contribution in [0.3, 0.4) is 0 Å². The maximum absolute atomic E-state index is 5.85.